The van der Waals surface area contributed by atoms with Crippen molar-refractivity contribution in [1.82, 2.24) is 20.1 Å². The Kier molecular flexibility index (Phi) is 9.21. The molecule has 41 heavy (non-hydrogen) atoms. The quantitative estimate of drug-likeness (QED) is 0.345. The fourth-order valence-electron chi connectivity index (χ4n) is 5.65. The second-order valence-electron chi connectivity index (χ2n) is 10.9. The van der Waals surface area contributed by atoms with Gasteiger partial charge in [0.15, 0.2) is 12.2 Å². The van der Waals surface area contributed by atoms with Crippen LogP contribution in [0.3, 0.4) is 0 Å². The number of carbonyl (C=O) groups is 2. The number of β-amino-alcohol motifs (C(OH)–C–C–N with tert-alkyl or cyclic N) is 1. The number of likely N-dealkylation sites (tertiary alicyclic amines) is 1. The molecular weight excluding hydrogens is 522 g/mol. The van der Waals surface area contributed by atoms with Gasteiger partial charge in [-0.2, -0.15) is 0 Å². The molecule has 3 N–H and O–H groups in total. The summed E-state index contributed by atoms with van der Waals surface area (Å²) in [4.78, 5) is 32.4. The Balaban J connectivity index is 1.07. The second-order valence-corrected chi connectivity index (χ2v) is 10.9. The molecule has 1 saturated heterocycles. The van der Waals surface area contributed by atoms with Crippen molar-refractivity contribution in [3.8, 4) is 5.75 Å². The van der Waals surface area contributed by atoms with Gasteiger partial charge in [0.25, 0.3) is 5.91 Å². The summed E-state index contributed by atoms with van der Waals surface area (Å²) in [5.74, 6) is 1.43. The maximum Gasteiger partial charge on any atom is 0.251 e. The molecule has 2 aliphatic rings. The van der Waals surface area contributed by atoms with E-state index >= 15 is 0 Å². The summed E-state index contributed by atoms with van der Waals surface area (Å²) in [7, 11) is 0. The third-order valence-corrected chi connectivity index (χ3v) is 7.97. The van der Waals surface area contributed by atoms with Gasteiger partial charge in [0.05, 0.1) is 12.3 Å². The van der Waals surface area contributed by atoms with Crippen molar-refractivity contribution in [1.29, 1.82) is 0 Å². The molecule has 3 aromatic rings. The molecule has 1 aromatic heterocycles. The number of benzene rings is 2. The Bertz CT molecular complexity index is 1340. The van der Waals surface area contributed by atoms with Crippen LogP contribution in [-0.2, 0) is 24.4 Å². The van der Waals surface area contributed by atoms with E-state index in [0.717, 1.165) is 62.4 Å². The van der Waals surface area contributed by atoms with Crippen LogP contribution in [0.5, 0.6) is 5.75 Å². The van der Waals surface area contributed by atoms with Crippen LogP contribution in [0.2, 0.25) is 0 Å². The van der Waals surface area contributed by atoms with Crippen molar-refractivity contribution < 1.29 is 23.8 Å². The summed E-state index contributed by atoms with van der Waals surface area (Å²) < 4.78 is 11.2. The van der Waals surface area contributed by atoms with E-state index in [0.29, 0.717) is 24.5 Å². The van der Waals surface area contributed by atoms with E-state index in [1.54, 1.807) is 19.2 Å². The van der Waals surface area contributed by atoms with Crippen molar-refractivity contribution in [2.75, 3.05) is 38.0 Å². The molecule has 1 fully saturated rings. The largest absolute Gasteiger partial charge is 0.485 e. The van der Waals surface area contributed by atoms with Crippen LogP contribution in [0.15, 0.2) is 53.4 Å². The van der Waals surface area contributed by atoms with Crippen LogP contribution in [0, 0.1) is 6.92 Å². The Hall–Kier alpha value is -3.89. The molecule has 2 amide bonds. The lowest BCUT2D eigenvalue weighted by molar-refractivity contribution is -0.129. The first-order chi connectivity index (χ1) is 19.9. The van der Waals surface area contributed by atoms with E-state index in [-0.39, 0.29) is 24.4 Å². The number of rotatable bonds is 10. The fourth-order valence-corrected chi connectivity index (χ4v) is 5.65. The molecule has 3 heterocycles. The van der Waals surface area contributed by atoms with Crippen LogP contribution in [0.1, 0.15) is 52.6 Å². The van der Waals surface area contributed by atoms with Gasteiger partial charge in [0.2, 0.25) is 5.91 Å². The van der Waals surface area contributed by atoms with Gasteiger partial charge in [-0.05, 0) is 67.1 Å². The fraction of sp³-hybridized carbons (Fsp3) is 0.452. The summed E-state index contributed by atoms with van der Waals surface area (Å²) in [6, 6.07) is 11.8. The van der Waals surface area contributed by atoms with Crippen LogP contribution in [-0.4, -0.2) is 76.6 Å². The predicted molar refractivity (Wildman–Crippen MR) is 155 cm³/mol. The molecule has 1 unspecified atom stereocenters. The van der Waals surface area contributed by atoms with Crippen molar-refractivity contribution in [3.05, 3.63) is 77.0 Å². The lowest BCUT2D eigenvalue weighted by Gasteiger charge is -2.32. The number of nitrogens with one attached hydrogen (secondary N) is 2. The lowest BCUT2D eigenvalue weighted by atomic mass is 9.94. The number of aliphatic hydroxyl groups is 1. The summed E-state index contributed by atoms with van der Waals surface area (Å²) in [6.07, 6.45) is 4.99. The van der Waals surface area contributed by atoms with Crippen molar-refractivity contribution in [2.45, 2.75) is 58.4 Å². The number of carbonyl (C=O) groups excluding carboxylic acids is 2. The number of aromatic nitrogens is 1. The van der Waals surface area contributed by atoms with E-state index in [1.165, 1.54) is 17.5 Å². The third-order valence-electron chi connectivity index (χ3n) is 7.97. The summed E-state index contributed by atoms with van der Waals surface area (Å²) in [6.45, 7) is 7.73. The third kappa shape index (κ3) is 7.45. The normalized spacial score (nSPS) is 16.6. The predicted octanol–water partition coefficient (Wildman–Crippen LogP) is 3.13. The smallest absolute Gasteiger partial charge is 0.251 e. The molecule has 0 spiro atoms. The van der Waals surface area contributed by atoms with Crippen LogP contribution in [0.4, 0.5) is 5.69 Å². The van der Waals surface area contributed by atoms with E-state index in [2.05, 4.69) is 33.5 Å². The number of oxazole rings is 1. The van der Waals surface area contributed by atoms with Gasteiger partial charge in [0, 0.05) is 63.5 Å². The van der Waals surface area contributed by atoms with Crippen LogP contribution >= 0.6 is 0 Å². The number of anilines is 1. The van der Waals surface area contributed by atoms with Crippen LogP contribution in [0.25, 0.3) is 0 Å². The zero-order chi connectivity index (χ0) is 28.8. The highest BCUT2D eigenvalue weighted by Crippen LogP contribution is 2.30. The average Bonchev–Trinajstić information content (AvgIpc) is 3.50. The molecule has 10 heteroatoms. The molecule has 0 aliphatic carbocycles. The molecule has 0 radical (unpaired) electrons. The number of hydrogen-bond donors (Lipinski definition) is 3. The van der Waals surface area contributed by atoms with E-state index in [4.69, 9.17) is 9.15 Å². The van der Waals surface area contributed by atoms with Gasteiger partial charge in [0.1, 0.15) is 12.4 Å². The standard InChI is InChI=1S/C31H39N5O5/c1-21-29-10-11-35(17-24(29)6-7-30(21)40-19-28-16-32-20-41-28)18-27(38)15-33-31(39)23-4-3-5-26(14-23)34-25-8-12-36(13-9-25)22(2)37/h3-7,14,16,20,25,27,34,38H,8-13,15,17-19H2,1-2H3,(H,33,39). The van der Waals surface area contributed by atoms with E-state index in [1.807, 2.05) is 29.2 Å². The molecule has 10 nitrogen and oxygen atoms in total. The van der Waals surface area contributed by atoms with Gasteiger partial charge in [-0.1, -0.05) is 12.1 Å². The maximum atomic E-state index is 12.8. The molecule has 2 aromatic carbocycles. The summed E-state index contributed by atoms with van der Waals surface area (Å²) >= 11 is 0. The number of fused-ring (bicyclic) bond motifs is 1. The first-order valence-electron chi connectivity index (χ1n) is 14.3. The van der Waals surface area contributed by atoms with Gasteiger partial charge < -0.3 is 29.8 Å². The van der Waals surface area contributed by atoms with Gasteiger partial charge in [-0.3, -0.25) is 14.5 Å². The zero-order valence-electron chi connectivity index (χ0n) is 23.8. The van der Waals surface area contributed by atoms with E-state index in [9.17, 15) is 14.7 Å². The number of amides is 2. The topological polar surface area (TPSA) is 120 Å². The first kappa shape index (κ1) is 28.6. The second kappa shape index (κ2) is 13.2. The molecule has 218 valence electrons. The number of aliphatic hydroxyl groups excluding tert-OH is 1. The number of ether oxygens (including phenoxy) is 1. The van der Waals surface area contributed by atoms with Crippen molar-refractivity contribution in [3.63, 3.8) is 0 Å². The molecular formula is C31H39N5O5. The van der Waals surface area contributed by atoms with Crippen LogP contribution < -0.4 is 15.4 Å². The molecule has 1 atom stereocenters. The Labute approximate surface area is 240 Å². The highest BCUT2D eigenvalue weighted by Gasteiger charge is 2.23. The van der Waals surface area contributed by atoms with Crippen molar-refractivity contribution >= 4 is 17.5 Å². The average molecular weight is 562 g/mol. The highest BCUT2D eigenvalue weighted by atomic mass is 16.5. The number of nitrogens with zero attached hydrogens (tertiary/aromatic N) is 3. The number of piperidine rings is 1. The van der Waals surface area contributed by atoms with Gasteiger partial charge >= 0.3 is 0 Å². The minimum Gasteiger partial charge on any atom is -0.485 e. The van der Waals surface area contributed by atoms with E-state index < -0.39 is 6.10 Å². The zero-order valence-corrected chi connectivity index (χ0v) is 23.8. The van der Waals surface area contributed by atoms with Gasteiger partial charge in [-0.15, -0.1) is 0 Å². The highest BCUT2D eigenvalue weighted by molar-refractivity contribution is 5.95. The maximum absolute atomic E-state index is 12.8. The molecule has 5 rings (SSSR count). The molecule has 0 bridgehead atoms. The molecule has 2 aliphatic heterocycles. The summed E-state index contributed by atoms with van der Waals surface area (Å²) in [5.41, 5.74) is 5.08. The number of hydrogen-bond acceptors (Lipinski definition) is 8. The minimum atomic E-state index is -0.682. The van der Waals surface area contributed by atoms with Crippen molar-refractivity contribution in [2.24, 2.45) is 0 Å². The summed E-state index contributed by atoms with van der Waals surface area (Å²) in [5, 5.41) is 17.1. The Morgan fingerprint density at radius 3 is 2.78 bits per heavy atom. The monoisotopic (exact) mass is 561 g/mol. The Morgan fingerprint density at radius 2 is 2.02 bits per heavy atom. The lowest BCUT2D eigenvalue weighted by Crippen LogP contribution is -2.42. The SMILES string of the molecule is CC(=O)N1CCC(Nc2cccc(C(=O)NCC(O)CN3CCc4c(ccc(OCc5cnco5)c4C)C3)c2)CC1. The Morgan fingerprint density at radius 1 is 1.20 bits per heavy atom. The molecule has 0 saturated carbocycles. The first-order valence-corrected chi connectivity index (χ1v) is 14.3. The van der Waals surface area contributed by atoms with Gasteiger partial charge in [-0.25, -0.2) is 4.98 Å². The minimum absolute atomic E-state index is 0.115.